The average molecular weight is 450 g/mol. The lowest BCUT2D eigenvalue weighted by Crippen LogP contribution is -2.38. The number of benzene rings is 1. The number of aliphatic hydroxyl groups excluding tert-OH is 1. The van der Waals surface area contributed by atoms with Crippen molar-refractivity contribution in [1.29, 1.82) is 0 Å². The zero-order valence-electron chi connectivity index (χ0n) is 18.0. The number of cyclic esters (lactones) is 1. The van der Waals surface area contributed by atoms with Gasteiger partial charge in [-0.3, -0.25) is 4.79 Å². The maximum atomic E-state index is 12.8. The molecule has 2 aliphatic heterocycles. The van der Waals surface area contributed by atoms with Crippen molar-refractivity contribution in [2.24, 2.45) is 0 Å². The fourth-order valence-electron chi connectivity index (χ4n) is 3.48. The third-order valence-corrected chi connectivity index (χ3v) is 5.13. The summed E-state index contributed by atoms with van der Waals surface area (Å²) >= 11 is 0. The summed E-state index contributed by atoms with van der Waals surface area (Å²) in [5.74, 6) is -1.46. The number of phenols is 1. The van der Waals surface area contributed by atoms with Crippen molar-refractivity contribution in [2.45, 2.75) is 57.2 Å². The molecule has 0 bridgehead atoms. The number of ketones is 1. The minimum atomic E-state index is -1.64. The Morgan fingerprint density at radius 2 is 2.03 bits per heavy atom. The number of hydrogen-bond acceptors (Lipinski definition) is 10. The Hall–Kier alpha value is -3.11. The van der Waals surface area contributed by atoms with Crippen LogP contribution in [0, 0.1) is 0 Å². The Balaban J connectivity index is 1.97. The van der Waals surface area contributed by atoms with Crippen molar-refractivity contribution in [3.05, 3.63) is 35.4 Å². The molecule has 0 spiro atoms. The first-order chi connectivity index (χ1) is 15.2. The zero-order valence-corrected chi connectivity index (χ0v) is 18.0. The van der Waals surface area contributed by atoms with E-state index in [1.54, 1.807) is 19.9 Å². The highest BCUT2D eigenvalue weighted by Gasteiger charge is 2.47. The van der Waals surface area contributed by atoms with Crippen LogP contribution >= 0.6 is 0 Å². The van der Waals surface area contributed by atoms with E-state index in [2.05, 4.69) is 0 Å². The SMILES string of the molecule is CCOC(=O)O[C@H]1C[C@H]2O[C@@H]2c2cc(OC)cc(O)c2C(=O)O[C@@H](C)C/C=C\C(=O)[C@H]1O. The van der Waals surface area contributed by atoms with E-state index in [1.165, 1.54) is 19.3 Å². The molecule has 10 nitrogen and oxygen atoms in total. The number of carbonyl (C=O) groups is 3. The van der Waals surface area contributed by atoms with E-state index in [0.717, 1.165) is 6.08 Å². The second kappa shape index (κ2) is 10.0. The molecule has 0 aliphatic carbocycles. The third kappa shape index (κ3) is 5.38. The molecule has 1 fully saturated rings. The van der Waals surface area contributed by atoms with Crippen LogP contribution in [0.5, 0.6) is 11.5 Å². The van der Waals surface area contributed by atoms with Gasteiger partial charge in [0.05, 0.1) is 19.8 Å². The second-order valence-corrected chi connectivity index (χ2v) is 7.48. The summed E-state index contributed by atoms with van der Waals surface area (Å²) in [5.41, 5.74) is 0.262. The molecule has 10 heteroatoms. The number of ether oxygens (including phenoxy) is 5. The number of hydrogen-bond donors (Lipinski definition) is 2. The number of esters is 1. The van der Waals surface area contributed by atoms with E-state index in [4.69, 9.17) is 23.7 Å². The van der Waals surface area contributed by atoms with Crippen LogP contribution in [0.2, 0.25) is 0 Å². The number of fused-ring (bicyclic) bond motifs is 3. The highest BCUT2D eigenvalue weighted by atomic mass is 16.7. The third-order valence-electron chi connectivity index (χ3n) is 5.13. The first-order valence-electron chi connectivity index (χ1n) is 10.2. The lowest BCUT2D eigenvalue weighted by atomic mass is 9.96. The van der Waals surface area contributed by atoms with E-state index in [9.17, 15) is 24.6 Å². The van der Waals surface area contributed by atoms with Gasteiger partial charge in [-0.25, -0.2) is 9.59 Å². The summed E-state index contributed by atoms with van der Waals surface area (Å²) in [6.07, 6.45) is -3.09. The molecule has 0 amide bonds. The van der Waals surface area contributed by atoms with Crippen LogP contribution in [0.4, 0.5) is 4.79 Å². The van der Waals surface area contributed by atoms with Crippen molar-refractivity contribution in [3.8, 4) is 11.5 Å². The monoisotopic (exact) mass is 450 g/mol. The van der Waals surface area contributed by atoms with E-state index in [0.29, 0.717) is 11.3 Å². The first-order valence-corrected chi connectivity index (χ1v) is 10.2. The van der Waals surface area contributed by atoms with Crippen molar-refractivity contribution in [3.63, 3.8) is 0 Å². The van der Waals surface area contributed by atoms with Gasteiger partial charge in [0.15, 0.2) is 11.9 Å². The molecular weight excluding hydrogens is 424 g/mol. The maximum Gasteiger partial charge on any atom is 0.508 e. The predicted molar refractivity (Wildman–Crippen MR) is 108 cm³/mol. The molecule has 1 saturated heterocycles. The number of epoxide rings is 1. The summed E-state index contributed by atoms with van der Waals surface area (Å²) in [6.45, 7) is 3.28. The molecule has 1 aromatic rings. The lowest BCUT2D eigenvalue weighted by Gasteiger charge is -2.21. The Labute approximate surface area is 184 Å². The number of aliphatic hydroxyl groups is 1. The van der Waals surface area contributed by atoms with Gasteiger partial charge in [0, 0.05) is 24.5 Å². The van der Waals surface area contributed by atoms with Gasteiger partial charge >= 0.3 is 12.1 Å². The van der Waals surface area contributed by atoms with Crippen LogP contribution in [0.3, 0.4) is 0 Å². The summed E-state index contributed by atoms with van der Waals surface area (Å²) < 4.78 is 26.2. The molecule has 2 heterocycles. The van der Waals surface area contributed by atoms with Gasteiger partial charge in [0.1, 0.15) is 35.4 Å². The Bertz CT molecular complexity index is 908. The molecule has 1 aromatic carbocycles. The van der Waals surface area contributed by atoms with Crippen molar-refractivity contribution in [1.82, 2.24) is 0 Å². The van der Waals surface area contributed by atoms with Gasteiger partial charge in [-0.15, -0.1) is 0 Å². The molecule has 2 aliphatic rings. The molecule has 32 heavy (non-hydrogen) atoms. The van der Waals surface area contributed by atoms with Crippen LogP contribution in [0.15, 0.2) is 24.3 Å². The largest absolute Gasteiger partial charge is 0.508 e. The van der Waals surface area contributed by atoms with Crippen LogP contribution in [-0.2, 0) is 23.7 Å². The number of aromatic hydroxyl groups is 1. The standard InChI is InChI=1S/C22H26O10/c1-4-29-22(27)32-16-10-17-20(31-17)13-8-12(28-3)9-15(24)18(13)21(26)30-11(2)6-5-7-14(23)19(16)25/h5,7-9,11,16-17,19-20,24-25H,4,6,10H2,1-3H3/b7-5-/t11-,16-,17+,19+,20+/m0/s1. The molecule has 3 rings (SSSR count). The van der Waals surface area contributed by atoms with Gasteiger partial charge in [-0.05, 0) is 26.0 Å². The Kier molecular flexibility index (Phi) is 7.37. The van der Waals surface area contributed by atoms with Crippen LogP contribution in [0.1, 0.15) is 48.7 Å². The number of methoxy groups -OCH3 is 1. The summed E-state index contributed by atoms with van der Waals surface area (Å²) in [4.78, 5) is 37.0. The molecular formula is C22H26O10. The van der Waals surface area contributed by atoms with Crippen LogP contribution in [0.25, 0.3) is 0 Å². The second-order valence-electron chi connectivity index (χ2n) is 7.48. The van der Waals surface area contributed by atoms with Crippen LogP contribution in [-0.4, -0.2) is 66.3 Å². The highest BCUT2D eigenvalue weighted by Crippen LogP contribution is 2.46. The van der Waals surface area contributed by atoms with Gasteiger partial charge in [-0.2, -0.15) is 0 Å². The molecule has 5 atom stereocenters. The minimum Gasteiger partial charge on any atom is -0.507 e. The summed E-state index contributed by atoms with van der Waals surface area (Å²) in [6, 6.07) is 2.83. The highest BCUT2D eigenvalue weighted by molar-refractivity contribution is 5.95. The van der Waals surface area contributed by atoms with E-state index < -0.39 is 48.4 Å². The normalized spacial score (nSPS) is 28.9. The smallest absolute Gasteiger partial charge is 0.507 e. The van der Waals surface area contributed by atoms with E-state index in [1.807, 2.05) is 0 Å². The van der Waals surface area contributed by atoms with Crippen molar-refractivity contribution in [2.75, 3.05) is 13.7 Å². The van der Waals surface area contributed by atoms with Gasteiger partial charge in [0.25, 0.3) is 0 Å². The van der Waals surface area contributed by atoms with Crippen molar-refractivity contribution < 1.29 is 48.3 Å². The Morgan fingerprint density at radius 3 is 2.72 bits per heavy atom. The quantitative estimate of drug-likeness (QED) is 0.520. The topological polar surface area (TPSA) is 141 Å². The van der Waals surface area contributed by atoms with Gasteiger partial charge < -0.3 is 33.9 Å². The maximum absolute atomic E-state index is 12.8. The van der Waals surface area contributed by atoms with Crippen molar-refractivity contribution >= 4 is 17.9 Å². The summed E-state index contributed by atoms with van der Waals surface area (Å²) in [7, 11) is 1.41. The molecule has 0 saturated carbocycles. The molecule has 0 aromatic heterocycles. The molecule has 2 N–H and O–H groups in total. The Morgan fingerprint density at radius 1 is 1.28 bits per heavy atom. The fourth-order valence-corrected chi connectivity index (χ4v) is 3.48. The first kappa shape index (κ1) is 23.6. The fraction of sp³-hybridized carbons (Fsp3) is 0.500. The summed E-state index contributed by atoms with van der Waals surface area (Å²) in [5, 5.41) is 20.9. The lowest BCUT2D eigenvalue weighted by molar-refractivity contribution is -0.129. The number of phenolic OH excluding ortho intramolecular Hbond substituents is 1. The molecule has 0 radical (unpaired) electrons. The predicted octanol–water partition coefficient (Wildman–Crippen LogP) is 2.21. The van der Waals surface area contributed by atoms with E-state index in [-0.39, 0.29) is 30.8 Å². The van der Waals surface area contributed by atoms with Gasteiger partial charge in [0.2, 0.25) is 0 Å². The van der Waals surface area contributed by atoms with E-state index >= 15 is 0 Å². The molecule has 0 unspecified atom stereocenters. The zero-order chi connectivity index (χ0) is 23.4. The number of carbonyl (C=O) groups excluding carboxylic acids is 3. The minimum absolute atomic E-state index is 0.0485. The van der Waals surface area contributed by atoms with Crippen LogP contribution < -0.4 is 4.74 Å². The number of rotatable bonds is 3. The molecule has 174 valence electrons. The average Bonchev–Trinajstić information content (AvgIpc) is 3.50. The van der Waals surface area contributed by atoms with Gasteiger partial charge in [-0.1, -0.05) is 6.08 Å².